The summed E-state index contributed by atoms with van der Waals surface area (Å²) in [6.07, 6.45) is 3.16. The predicted octanol–water partition coefficient (Wildman–Crippen LogP) is -0.323. The lowest BCUT2D eigenvalue weighted by Gasteiger charge is -2.17. The number of aromatic nitrogens is 2. The molecule has 7 heteroatoms. The molecule has 7 nitrogen and oxygen atoms in total. The Kier molecular flexibility index (Phi) is 3.87. The number of aliphatic carboxylic acids is 1. The van der Waals surface area contributed by atoms with Crippen molar-refractivity contribution >= 4 is 12.0 Å². The molecule has 1 unspecified atom stereocenters. The van der Waals surface area contributed by atoms with Crippen LogP contribution in [0.4, 0.5) is 4.79 Å². The molecule has 1 heterocycles. The summed E-state index contributed by atoms with van der Waals surface area (Å²) >= 11 is 0. The van der Waals surface area contributed by atoms with Gasteiger partial charge in [-0.2, -0.15) is 0 Å². The van der Waals surface area contributed by atoms with Crippen LogP contribution >= 0.6 is 0 Å². The fourth-order valence-corrected chi connectivity index (χ4v) is 1.09. The van der Waals surface area contributed by atoms with E-state index in [4.69, 9.17) is 5.11 Å². The molecular weight excluding hydrogens is 212 g/mol. The summed E-state index contributed by atoms with van der Waals surface area (Å²) in [5, 5.41) is 11.3. The van der Waals surface area contributed by atoms with E-state index >= 15 is 0 Å². The quantitative estimate of drug-likeness (QED) is 0.655. The van der Waals surface area contributed by atoms with Gasteiger partial charge in [-0.1, -0.05) is 0 Å². The summed E-state index contributed by atoms with van der Waals surface area (Å²) in [5.41, 5.74) is 0.659. The number of carbonyl (C=O) groups excluding carboxylic acids is 1. The predicted molar refractivity (Wildman–Crippen MR) is 55.9 cm³/mol. The topological polar surface area (TPSA) is 98.3 Å². The average molecular weight is 226 g/mol. The molecule has 88 valence electrons. The van der Waals surface area contributed by atoms with Crippen LogP contribution in [0.15, 0.2) is 12.5 Å². The third-order valence-corrected chi connectivity index (χ3v) is 1.98. The average Bonchev–Trinajstić information content (AvgIpc) is 2.68. The molecule has 16 heavy (non-hydrogen) atoms. The van der Waals surface area contributed by atoms with Crippen molar-refractivity contribution in [2.24, 2.45) is 0 Å². The maximum absolute atomic E-state index is 11.3. The Labute approximate surface area is 92.5 Å². The molecule has 1 rings (SSSR count). The molecule has 0 saturated heterocycles. The van der Waals surface area contributed by atoms with E-state index in [9.17, 15) is 9.59 Å². The molecule has 3 N–H and O–H groups in total. The molecule has 0 fully saturated rings. The van der Waals surface area contributed by atoms with E-state index in [1.54, 1.807) is 14.1 Å². The Hall–Kier alpha value is -2.05. The number of nitrogens with one attached hydrogen (secondary N) is 2. The van der Waals surface area contributed by atoms with Gasteiger partial charge in [-0.15, -0.1) is 0 Å². The summed E-state index contributed by atoms with van der Waals surface area (Å²) in [4.78, 5) is 30.1. The first-order chi connectivity index (χ1) is 7.50. The smallest absolute Gasteiger partial charge is 0.326 e. The molecule has 1 aromatic heterocycles. The van der Waals surface area contributed by atoms with Gasteiger partial charge < -0.3 is 20.3 Å². The van der Waals surface area contributed by atoms with Crippen molar-refractivity contribution in [3.05, 3.63) is 18.2 Å². The van der Waals surface area contributed by atoms with Crippen molar-refractivity contribution < 1.29 is 14.7 Å². The largest absolute Gasteiger partial charge is 0.480 e. The molecule has 0 bridgehead atoms. The maximum Gasteiger partial charge on any atom is 0.326 e. The third kappa shape index (κ3) is 3.26. The van der Waals surface area contributed by atoms with Crippen LogP contribution in [0.25, 0.3) is 0 Å². The fourth-order valence-electron chi connectivity index (χ4n) is 1.09. The van der Waals surface area contributed by atoms with Crippen molar-refractivity contribution in [2.75, 3.05) is 14.1 Å². The van der Waals surface area contributed by atoms with Crippen molar-refractivity contribution in [3.63, 3.8) is 0 Å². The third-order valence-electron chi connectivity index (χ3n) is 1.98. The lowest BCUT2D eigenvalue weighted by molar-refractivity contribution is -0.139. The second-order valence-electron chi connectivity index (χ2n) is 3.52. The number of H-pyrrole nitrogens is 1. The molecule has 1 atom stereocenters. The maximum atomic E-state index is 11.3. The minimum absolute atomic E-state index is 0.176. The monoisotopic (exact) mass is 226 g/mol. The van der Waals surface area contributed by atoms with Crippen LogP contribution in [-0.2, 0) is 11.2 Å². The number of imidazole rings is 1. The van der Waals surface area contributed by atoms with Crippen molar-refractivity contribution in [2.45, 2.75) is 12.5 Å². The minimum Gasteiger partial charge on any atom is -0.480 e. The highest BCUT2D eigenvalue weighted by Crippen LogP contribution is 1.99. The molecule has 0 spiro atoms. The SMILES string of the molecule is CN(C)C(=O)NC(Cc1cnc[nH]1)C(=O)O. The second kappa shape index (κ2) is 5.15. The Morgan fingerprint density at radius 3 is 2.75 bits per heavy atom. The van der Waals surface area contributed by atoms with Crippen molar-refractivity contribution in [1.82, 2.24) is 20.2 Å². The van der Waals surface area contributed by atoms with Gasteiger partial charge in [-0.3, -0.25) is 0 Å². The van der Waals surface area contributed by atoms with Crippen LogP contribution in [0.2, 0.25) is 0 Å². The summed E-state index contributed by atoms with van der Waals surface area (Å²) in [5.74, 6) is -1.08. The molecular formula is C9H14N4O3. The molecule has 0 aliphatic heterocycles. The second-order valence-corrected chi connectivity index (χ2v) is 3.52. The van der Waals surface area contributed by atoms with Gasteiger partial charge in [0.05, 0.1) is 6.33 Å². The number of carbonyl (C=O) groups is 2. The van der Waals surface area contributed by atoms with Crippen LogP contribution in [0, 0.1) is 0 Å². The lowest BCUT2D eigenvalue weighted by atomic mass is 10.2. The molecule has 1 aromatic rings. The number of urea groups is 1. The summed E-state index contributed by atoms with van der Waals surface area (Å²) in [7, 11) is 3.09. The zero-order chi connectivity index (χ0) is 12.1. The van der Waals surface area contributed by atoms with E-state index in [0.717, 1.165) is 0 Å². The number of aromatic amines is 1. The highest BCUT2D eigenvalue weighted by Gasteiger charge is 2.21. The van der Waals surface area contributed by atoms with Gasteiger partial charge >= 0.3 is 12.0 Å². The number of nitrogens with zero attached hydrogens (tertiary/aromatic N) is 2. The van der Waals surface area contributed by atoms with Crippen LogP contribution in [0.1, 0.15) is 5.69 Å². The number of amides is 2. The standard InChI is InChI=1S/C9H14N4O3/c1-13(2)9(16)12-7(8(14)15)3-6-4-10-5-11-6/h4-5,7H,3H2,1-2H3,(H,10,11)(H,12,16)(H,14,15). The van der Waals surface area contributed by atoms with E-state index in [1.165, 1.54) is 17.4 Å². The lowest BCUT2D eigenvalue weighted by Crippen LogP contribution is -2.46. The van der Waals surface area contributed by atoms with E-state index in [0.29, 0.717) is 5.69 Å². The first-order valence-corrected chi connectivity index (χ1v) is 4.68. The van der Waals surface area contributed by atoms with Crippen molar-refractivity contribution in [1.29, 1.82) is 0 Å². The zero-order valence-corrected chi connectivity index (χ0v) is 9.10. The number of rotatable bonds is 4. The highest BCUT2D eigenvalue weighted by atomic mass is 16.4. The van der Waals surface area contributed by atoms with Crippen LogP contribution in [-0.4, -0.2) is 52.1 Å². The zero-order valence-electron chi connectivity index (χ0n) is 9.10. The molecule has 0 radical (unpaired) electrons. The summed E-state index contributed by atoms with van der Waals surface area (Å²) in [6.45, 7) is 0. The highest BCUT2D eigenvalue weighted by molar-refractivity contribution is 5.82. The molecule has 0 aliphatic rings. The molecule has 0 aromatic carbocycles. The van der Waals surface area contributed by atoms with E-state index in [-0.39, 0.29) is 6.42 Å². The fraction of sp³-hybridized carbons (Fsp3) is 0.444. The Balaban J connectivity index is 2.62. The number of hydrogen-bond donors (Lipinski definition) is 3. The van der Waals surface area contributed by atoms with E-state index < -0.39 is 18.0 Å². The van der Waals surface area contributed by atoms with Gasteiger partial charge in [0, 0.05) is 32.4 Å². The van der Waals surface area contributed by atoms with Gasteiger partial charge in [0.1, 0.15) is 6.04 Å². The minimum atomic E-state index is -1.08. The van der Waals surface area contributed by atoms with Gasteiger partial charge in [0.25, 0.3) is 0 Å². The van der Waals surface area contributed by atoms with E-state index in [1.807, 2.05) is 0 Å². The van der Waals surface area contributed by atoms with Gasteiger partial charge in [-0.25, -0.2) is 14.6 Å². The Morgan fingerprint density at radius 1 is 1.62 bits per heavy atom. The number of hydrogen-bond acceptors (Lipinski definition) is 3. The van der Waals surface area contributed by atoms with Crippen LogP contribution in [0.5, 0.6) is 0 Å². The first-order valence-electron chi connectivity index (χ1n) is 4.68. The Bertz CT molecular complexity index is 361. The number of carboxylic acid groups (broad SMARTS) is 1. The summed E-state index contributed by atoms with van der Waals surface area (Å²) in [6, 6.07) is -1.40. The Morgan fingerprint density at radius 2 is 2.31 bits per heavy atom. The van der Waals surface area contributed by atoms with Crippen LogP contribution < -0.4 is 5.32 Å². The summed E-state index contributed by atoms with van der Waals surface area (Å²) < 4.78 is 0. The van der Waals surface area contributed by atoms with Crippen molar-refractivity contribution in [3.8, 4) is 0 Å². The normalized spacial score (nSPS) is 11.9. The van der Waals surface area contributed by atoms with Gasteiger partial charge in [-0.05, 0) is 0 Å². The van der Waals surface area contributed by atoms with Gasteiger partial charge in [0.15, 0.2) is 0 Å². The van der Waals surface area contributed by atoms with E-state index in [2.05, 4.69) is 15.3 Å². The molecule has 0 aliphatic carbocycles. The van der Waals surface area contributed by atoms with Gasteiger partial charge in [0.2, 0.25) is 0 Å². The number of carboxylic acids is 1. The first kappa shape index (κ1) is 12.0. The van der Waals surface area contributed by atoms with Crippen LogP contribution in [0.3, 0.4) is 0 Å². The molecule has 0 saturated carbocycles. The molecule has 2 amide bonds.